The molecule has 1 unspecified atom stereocenters. The number of alkyl halides is 9. The maximum atomic E-state index is 14.8. The Balaban J connectivity index is 2.10. The lowest BCUT2D eigenvalue weighted by molar-refractivity contribution is -0.577. The van der Waals surface area contributed by atoms with E-state index in [0.29, 0.717) is 10.1 Å². The number of nitrogens with zero attached hydrogens (tertiary/aromatic N) is 1. The lowest BCUT2D eigenvalue weighted by Gasteiger charge is -2.32. The van der Waals surface area contributed by atoms with Gasteiger partial charge in [0.1, 0.15) is 0 Å². The first kappa shape index (κ1) is 27.3. The van der Waals surface area contributed by atoms with Crippen LogP contribution in [0, 0.1) is 5.21 Å². The van der Waals surface area contributed by atoms with E-state index >= 15 is 0 Å². The molecule has 0 saturated heterocycles. The van der Waals surface area contributed by atoms with Gasteiger partial charge in [-0.2, -0.15) is 35.5 Å². The topological polar surface area (TPSA) is 56.0 Å². The van der Waals surface area contributed by atoms with Gasteiger partial charge in [0.05, 0.1) is 10.7 Å². The van der Waals surface area contributed by atoms with Gasteiger partial charge in [0, 0.05) is 33.5 Å². The Morgan fingerprint density at radius 1 is 1.09 bits per heavy atom. The number of carbonyl (C=O) groups is 1. The first-order valence-electron chi connectivity index (χ1n) is 9.10. The average molecular weight is 610 g/mol. The fourth-order valence-corrected chi connectivity index (χ4v) is 4.53. The third kappa shape index (κ3) is 5.28. The molecule has 0 saturated carbocycles. The van der Waals surface area contributed by atoms with Crippen molar-refractivity contribution in [2.75, 3.05) is 5.32 Å². The van der Waals surface area contributed by atoms with Crippen LogP contribution >= 0.6 is 39.3 Å². The molecular formula is C20H10BrClF8N2O2S. The molecule has 1 heterocycles. The first-order chi connectivity index (χ1) is 16.1. The number of aromatic nitrogens is 1. The van der Waals surface area contributed by atoms with Gasteiger partial charge < -0.3 is 10.5 Å². The van der Waals surface area contributed by atoms with E-state index < -0.39 is 61.3 Å². The zero-order valence-electron chi connectivity index (χ0n) is 16.6. The zero-order chi connectivity index (χ0) is 26.3. The Bertz CT molecular complexity index is 1270. The summed E-state index contributed by atoms with van der Waals surface area (Å²) < 4.78 is 109. The van der Waals surface area contributed by atoms with Gasteiger partial charge in [-0.15, -0.1) is 0 Å². The van der Waals surface area contributed by atoms with Crippen molar-refractivity contribution in [3.63, 3.8) is 0 Å². The molecule has 0 spiro atoms. The van der Waals surface area contributed by atoms with Crippen LogP contribution in [0.4, 0.5) is 40.8 Å². The molecule has 0 fully saturated rings. The SMILES string of the molecule is O=C(Nc1c(Cl)cc(C(F)(C(F)(F)F)C(F)(F)Br)cc1SC(F)F)c1ccc2ccc[n+]([O-])c2c1. The zero-order valence-corrected chi connectivity index (χ0v) is 19.8. The highest BCUT2D eigenvalue weighted by atomic mass is 79.9. The molecule has 0 aliphatic carbocycles. The molecule has 0 aliphatic rings. The maximum Gasteiger partial charge on any atom is 0.433 e. The molecule has 1 atom stereocenters. The maximum absolute atomic E-state index is 14.8. The van der Waals surface area contributed by atoms with Crippen LogP contribution in [0.15, 0.2) is 53.6 Å². The molecular weight excluding hydrogens is 600 g/mol. The lowest BCUT2D eigenvalue weighted by atomic mass is 9.95. The number of hydrogen-bond acceptors (Lipinski definition) is 3. The fourth-order valence-electron chi connectivity index (χ4n) is 3.09. The van der Waals surface area contributed by atoms with Crippen LogP contribution in [-0.2, 0) is 5.67 Å². The highest BCUT2D eigenvalue weighted by Gasteiger charge is 2.71. The number of rotatable bonds is 6. The van der Waals surface area contributed by atoms with Gasteiger partial charge in [0.25, 0.3) is 11.7 Å². The summed E-state index contributed by atoms with van der Waals surface area (Å²) in [6, 6.07) is 7.10. The number of hydrogen-bond donors (Lipinski definition) is 1. The summed E-state index contributed by atoms with van der Waals surface area (Å²) in [5.74, 6) is -4.32. The number of benzene rings is 2. The number of pyridine rings is 1. The van der Waals surface area contributed by atoms with E-state index in [-0.39, 0.29) is 23.2 Å². The number of amides is 1. The highest BCUT2D eigenvalue weighted by molar-refractivity contribution is 9.10. The molecule has 35 heavy (non-hydrogen) atoms. The van der Waals surface area contributed by atoms with E-state index in [1.165, 1.54) is 34.1 Å². The summed E-state index contributed by atoms with van der Waals surface area (Å²) in [4.78, 5) is 6.60. The van der Waals surface area contributed by atoms with Crippen molar-refractivity contribution in [2.45, 2.75) is 27.3 Å². The van der Waals surface area contributed by atoms with Gasteiger partial charge in [0.2, 0.25) is 5.52 Å². The largest absolute Gasteiger partial charge is 0.618 e. The molecule has 3 rings (SSSR count). The summed E-state index contributed by atoms with van der Waals surface area (Å²) in [7, 11) is 0. The lowest BCUT2D eigenvalue weighted by Crippen LogP contribution is -2.49. The number of nitrogens with one attached hydrogen (secondary N) is 1. The van der Waals surface area contributed by atoms with Crippen molar-refractivity contribution in [1.29, 1.82) is 0 Å². The molecule has 1 N–H and O–H groups in total. The fraction of sp³-hybridized carbons (Fsp3) is 0.200. The Kier molecular flexibility index (Phi) is 7.49. The molecule has 1 aromatic heterocycles. The molecule has 0 bridgehead atoms. The summed E-state index contributed by atoms with van der Waals surface area (Å²) in [5, 5.41) is 13.6. The Morgan fingerprint density at radius 2 is 1.74 bits per heavy atom. The van der Waals surface area contributed by atoms with Crippen molar-refractivity contribution in [3.8, 4) is 0 Å². The quantitative estimate of drug-likeness (QED) is 0.104. The van der Waals surface area contributed by atoms with E-state index in [9.17, 15) is 45.1 Å². The van der Waals surface area contributed by atoms with Crippen molar-refractivity contribution < 1.29 is 44.6 Å². The first-order valence-corrected chi connectivity index (χ1v) is 11.2. The standard InChI is InChI=1S/C20H10BrClF8N2O2S/c21-19(26,27)18(25,20(28,29)30)11-7-12(22)15(14(8-11)35-17(23)24)31-16(33)10-4-3-9-2-1-5-32(34)13(9)6-10/h1-8,17H,(H,31,33). The number of carbonyl (C=O) groups excluding carboxylic acids is 1. The van der Waals surface area contributed by atoms with E-state index in [0.717, 1.165) is 12.3 Å². The molecule has 1 amide bonds. The van der Waals surface area contributed by atoms with Crippen LogP contribution < -0.4 is 10.0 Å². The number of fused-ring (bicyclic) bond motifs is 1. The Labute approximate surface area is 209 Å². The van der Waals surface area contributed by atoms with E-state index in [1.807, 2.05) is 0 Å². The van der Waals surface area contributed by atoms with Gasteiger partial charge in [-0.1, -0.05) is 23.4 Å². The third-order valence-electron chi connectivity index (χ3n) is 4.71. The predicted molar refractivity (Wildman–Crippen MR) is 117 cm³/mol. The van der Waals surface area contributed by atoms with Crippen molar-refractivity contribution >= 4 is 61.8 Å². The number of halogens is 10. The minimum Gasteiger partial charge on any atom is -0.618 e. The van der Waals surface area contributed by atoms with Crippen LogP contribution in [0.25, 0.3) is 10.9 Å². The van der Waals surface area contributed by atoms with E-state index in [2.05, 4.69) is 5.32 Å². The van der Waals surface area contributed by atoms with Crippen LogP contribution in [0.3, 0.4) is 0 Å². The molecule has 15 heteroatoms. The number of thioether (sulfide) groups is 1. The molecule has 4 nitrogen and oxygen atoms in total. The van der Waals surface area contributed by atoms with Gasteiger partial charge in [0.15, 0.2) is 6.20 Å². The van der Waals surface area contributed by atoms with Gasteiger partial charge >= 0.3 is 16.7 Å². The average Bonchev–Trinajstić information content (AvgIpc) is 2.73. The summed E-state index contributed by atoms with van der Waals surface area (Å²) in [5.41, 5.74) is -7.88. The van der Waals surface area contributed by atoms with Crippen molar-refractivity contribution in [1.82, 2.24) is 0 Å². The Hall–Kier alpha value is -2.32. The van der Waals surface area contributed by atoms with Crippen molar-refractivity contribution in [3.05, 3.63) is 70.0 Å². The summed E-state index contributed by atoms with van der Waals surface area (Å²) >= 11 is 6.77. The van der Waals surface area contributed by atoms with E-state index in [4.69, 9.17) is 11.6 Å². The molecule has 0 aliphatic heterocycles. The van der Waals surface area contributed by atoms with Crippen LogP contribution in [0.1, 0.15) is 15.9 Å². The van der Waals surface area contributed by atoms with Crippen LogP contribution in [0.5, 0.6) is 0 Å². The summed E-state index contributed by atoms with van der Waals surface area (Å²) in [6.45, 7) is 0. The molecule has 188 valence electrons. The van der Waals surface area contributed by atoms with Crippen molar-refractivity contribution in [2.24, 2.45) is 0 Å². The molecule has 3 aromatic rings. The highest BCUT2D eigenvalue weighted by Crippen LogP contribution is 2.56. The normalized spacial score (nSPS) is 14.3. The predicted octanol–water partition coefficient (Wildman–Crippen LogP) is 7.41. The minimum atomic E-state index is -6.18. The van der Waals surface area contributed by atoms with Gasteiger partial charge in [-0.25, -0.2) is 4.39 Å². The van der Waals surface area contributed by atoms with E-state index in [1.54, 1.807) is 6.07 Å². The molecule has 0 radical (unpaired) electrons. The van der Waals surface area contributed by atoms with Gasteiger partial charge in [-0.3, -0.25) is 4.79 Å². The second-order valence-electron chi connectivity index (χ2n) is 6.93. The number of anilines is 1. The third-order valence-corrected chi connectivity index (χ3v) is 6.31. The smallest absolute Gasteiger partial charge is 0.433 e. The van der Waals surface area contributed by atoms with Crippen LogP contribution in [-0.4, -0.2) is 22.7 Å². The second kappa shape index (κ2) is 9.62. The monoisotopic (exact) mass is 608 g/mol. The summed E-state index contributed by atoms with van der Waals surface area (Å²) in [6.07, 6.45) is -5.03. The second-order valence-corrected chi connectivity index (χ2v) is 9.36. The van der Waals surface area contributed by atoms with Gasteiger partial charge in [-0.05, 0) is 46.3 Å². The Morgan fingerprint density at radius 3 is 2.31 bits per heavy atom. The van der Waals surface area contributed by atoms with Crippen LogP contribution in [0.2, 0.25) is 5.02 Å². The minimum absolute atomic E-state index is 0.0655. The molecule has 2 aromatic carbocycles.